The van der Waals surface area contributed by atoms with Gasteiger partial charge in [0.05, 0.1) is 5.41 Å². The highest BCUT2D eigenvalue weighted by atomic mass is 16.6. The second-order valence-electron chi connectivity index (χ2n) is 6.48. The molecule has 1 saturated carbocycles. The van der Waals surface area contributed by atoms with E-state index in [1.54, 1.807) is 0 Å². The van der Waals surface area contributed by atoms with Gasteiger partial charge in [0.15, 0.2) is 0 Å². The van der Waals surface area contributed by atoms with Crippen LogP contribution in [-0.2, 0) is 9.53 Å². The van der Waals surface area contributed by atoms with Crippen molar-refractivity contribution in [3.8, 4) is 0 Å². The van der Waals surface area contributed by atoms with Gasteiger partial charge in [0.2, 0.25) is 0 Å². The molecule has 0 aromatic carbocycles. The molecular formula is C14H27NO2. The molecule has 2 N–H and O–H groups in total. The van der Waals surface area contributed by atoms with Crippen molar-refractivity contribution in [3.63, 3.8) is 0 Å². The Balaban J connectivity index is 2.78. The lowest BCUT2D eigenvalue weighted by atomic mass is 9.75. The first-order valence-electron chi connectivity index (χ1n) is 6.67. The Hall–Kier alpha value is -0.570. The van der Waals surface area contributed by atoms with Gasteiger partial charge >= 0.3 is 5.97 Å². The predicted molar refractivity (Wildman–Crippen MR) is 69.6 cm³/mol. The normalized spacial score (nSPS) is 20.4. The van der Waals surface area contributed by atoms with Crippen molar-refractivity contribution in [2.24, 2.45) is 11.1 Å². The summed E-state index contributed by atoms with van der Waals surface area (Å²) in [6.45, 7) is 9.59. The summed E-state index contributed by atoms with van der Waals surface area (Å²) in [4.78, 5) is 12.3. The van der Waals surface area contributed by atoms with Crippen LogP contribution in [0, 0.1) is 5.41 Å². The first-order valence-corrected chi connectivity index (χ1v) is 6.67. The van der Waals surface area contributed by atoms with Crippen LogP contribution in [0.3, 0.4) is 0 Å². The number of carbonyl (C=O) groups excluding carboxylic acids is 1. The van der Waals surface area contributed by atoms with Crippen LogP contribution in [0.2, 0.25) is 0 Å². The van der Waals surface area contributed by atoms with E-state index in [9.17, 15) is 4.79 Å². The Morgan fingerprint density at radius 2 is 1.71 bits per heavy atom. The molecule has 100 valence electrons. The quantitative estimate of drug-likeness (QED) is 0.770. The number of nitrogens with two attached hydrogens (primary N) is 1. The number of rotatable bonds is 4. The number of hydrogen-bond acceptors (Lipinski definition) is 3. The average Bonchev–Trinajstić information content (AvgIpc) is 2.65. The minimum absolute atomic E-state index is 0.159. The van der Waals surface area contributed by atoms with Gasteiger partial charge < -0.3 is 10.5 Å². The molecule has 1 rings (SSSR count). The van der Waals surface area contributed by atoms with Crippen molar-refractivity contribution in [1.29, 1.82) is 0 Å². The number of carbonyl (C=O) groups is 1. The molecule has 0 aromatic heterocycles. The van der Waals surface area contributed by atoms with Crippen LogP contribution in [0.15, 0.2) is 0 Å². The zero-order chi connectivity index (χ0) is 13.3. The van der Waals surface area contributed by atoms with Gasteiger partial charge in [-0.2, -0.15) is 0 Å². The largest absolute Gasteiger partial charge is 0.459 e. The molecule has 0 saturated heterocycles. The number of esters is 1. The minimum atomic E-state index is -0.655. The Morgan fingerprint density at radius 3 is 2.06 bits per heavy atom. The van der Waals surface area contributed by atoms with Crippen LogP contribution in [0.5, 0.6) is 0 Å². The molecule has 3 nitrogen and oxygen atoms in total. The van der Waals surface area contributed by atoms with E-state index in [-0.39, 0.29) is 11.6 Å². The highest BCUT2D eigenvalue weighted by molar-refractivity contribution is 5.78. The maximum atomic E-state index is 12.3. The topological polar surface area (TPSA) is 52.3 Å². The van der Waals surface area contributed by atoms with Gasteiger partial charge in [0, 0.05) is 5.54 Å². The van der Waals surface area contributed by atoms with Crippen LogP contribution in [0.1, 0.15) is 66.7 Å². The van der Waals surface area contributed by atoms with E-state index in [1.165, 1.54) is 0 Å². The molecule has 0 bridgehead atoms. The van der Waals surface area contributed by atoms with Gasteiger partial charge in [-0.05, 0) is 59.8 Å². The van der Waals surface area contributed by atoms with Gasteiger partial charge in [-0.3, -0.25) is 4.79 Å². The molecule has 0 amide bonds. The summed E-state index contributed by atoms with van der Waals surface area (Å²) in [5, 5.41) is 0. The van der Waals surface area contributed by atoms with Crippen molar-refractivity contribution in [2.75, 3.05) is 0 Å². The summed E-state index contributed by atoms with van der Waals surface area (Å²) in [5.41, 5.74) is 4.62. The molecule has 0 spiro atoms. The molecular weight excluding hydrogens is 214 g/mol. The molecule has 1 fully saturated rings. The third-order valence-electron chi connectivity index (χ3n) is 4.59. The van der Waals surface area contributed by atoms with Crippen molar-refractivity contribution in [3.05, 3.63) is 0 Å². The molecule has 0 radical (unpaired) electrons. The van der Waals surface area contributed by atoms with Crippen molar-refractivity contribution in [2.45, 2.75) is 77.9 Å². The molecule has 0 unspecified atom stereocenters. The molecule has 1 aliphatic rings. The fourth-order valence-electron chi connectivity index (χ4n) is 2.13. The Labute approximate surface area is 105 Å². The van der Waals surface area contributed by atoms with Crippen LogP contribution < -0.4 is 5.73 Å². The van der Waals surface area contributed by atoms with Crippen molar-refractivity contribution < 1.29 is 9.53 Å². The van der Waals surface area contributed by atoms with E-state index >= 15 is 0 Å². The Morgan fingerprint density at radius 1 is 1.24 bits per heavy atom. The van der Waals surface area contributed by atoms with Gasteiger partial charge in [0.25, 0.3) is 0 Å². The number of hydrogen-bond donors (Lipinski definition) is 1. The first-order chi connectivity index (χ1) is 7.65. The summed E-state index contributed by atoms with van der Waals surface area (Å²) in [7, 11) is 0. The second kappa shape index (κ2) is 4.60. The van der Waals surface area contributed by atoms with Crippen LogP contribution in [0.25, 0.3) is 0 Å². The molecule has 0 atom stereocenters. The molecule has 1 aliphatic carbocycles. The van der Waals surface area contributed by atoms with E-state index in [2.05, 4.69) is 6.92 Å². The van der Waals surface area contributed by atoms with Gasteiger partial charge in [-0.1, -0.05) is 6.92 Å². The maximum absolute atomic E-state index is 12.3. The highest BCUT2D eigenvalue weighted by Crippen LogP contribution is 2.39. The van der Waals surface area contributed by atoms with Gasteiger partial charge in [-0.15, -0.1) is 0 Å². The molecule has 0 aromatic rings. The minimum Gasteiger partial charge on any atom is -0.459 e. The predicted octanol–water partition coefficient (Wildman–Crippen LogP) is 3.02. The molecule has 17 heavy (non-hydrogen) atoms. The summed E-state index contributed by atoms with van der Waals surface area (Å²) in [5.74, 6) is -0.159. The lowest BCUT2D eigenvalue weighted by Gasteiger charge is -2.39. The zero-order valence-corrected chi connectivity index (χ0v) is 11.9. The molecule has 3 heteroatoms. The molecule has 0 aliphatic heterocycles. The molecule has 0 heterocycles. The lowest BCUT2D eigenvalue weighted by Crippen LogP contribution is -2.54. The van der Waals surface area contributed by atoms with Crippen molar-refractivity contribution >= 4 is 5.97 Å². The number of ether oxygens (including phenoxy) is 1. The zero-order valence-electron chi connectivity index (χ0n) is 11.9. The maximum Gasteiger partial charge on any atom is 0.313 e. The van der Waals surface area contributed by atoms with Gasteiger partial charge in [0.1, 0.15) is 5.60 Å². The van der Waals surface area contributed by atoms with E-state index in [1.807, 2.05) is 27.7 Å². The van der Waals surface area contributed by atoms with Crippen LogP contribution in [-0.4, -0.2) is 17.1 Å². The monoisotopic (exact) mass is 241 g/mol. The van der Waals surface area contributed by atoms with Crippen molar-refractivity contribution in [1.82, 2.24) is 0 Å². The third kappa shape index (κ3) is 2.82. The summed E-state index contributed by atoms with van der Waals surface area (Å²) in [6.07, 6.45) is 5.22. The van der Waals surface area contributed by atoms with Crippen LogP contribution in [0.4, 0.5) is 0 Å². The highest BCUT2D eigenvalue weighted by Gasteiger charge is 2.46. The van der Waals surface area contributed by atoms with Gasteiger partial charge in [-0.25, -0.2) is 0 Å². The van der Waals surface area contributed by atoms with Crippen LogP contribution >= 0.6 is 0 Å². The SMILES string of the molecule is CCC1(OC(=O)C(C)(C)C(C)(C)N)CCCC1. The third-order valence-corrected chi connectivity index (χ3v) is 4.59. The standard InChI is InChI=1S/C14H27NO2/c1-6-14(9-7-8-10-14)17-11(16)12(2,3)13(4,5)15/h6-10,15H2,1-5H3. The van der Waals surface area contributed by atoms with E-state index < -0.39 is 11.0 Å². The Kier molecular flexibility index (Phi) is 3.92. The van der Waals surface area contributed by atoms with E-state index in [0.717, 1.165) is 32.1 Å². The summed E-state index contributed by atoms with van der Waals surface area (Å²) < 4.78 is 5.82. The average molecular weight is 241 g/mol. The summed E-state index contributed by atoms with van der Waals surface area (Å²) >= 11 is 0. The fourth-order valence-corrected chi connectivity index (χ4v) is 2.13. The fraction of sp³-hybridized carbons (Fsp3) is 0.929. The smallest absolute Gasteiger partial charge is 0.313 e. The Bertz CT molecular complexity index is 283. The summed E-state index contributed by atoms with van der Waals surface area (Å²) in [6, 6.07) is 0. The first kappa shape index (κ1) is 14.5. The second-order valence-corrected chi connectivity index (χ2v) is 6.48. The lowest BCUT2D eigenvalue weighted by molar-refractivity contribution is -0.174. The van der Waals surface area contributed by atoms with E-state index in [0.29, 0.717) is 0 Å². The van der Waals surface area contributed by atoms with E-state index in [4.69, 9.17) is 10.5 Å².